The summed E-state index contributed by atoms with van der Waals surface area (Å²) in [5.74, 6) is 6.88. The highest BCUT2D eigenvalue weighted by Gasteiger charge is 2.71. The quantitative estimate of drug-likeness (QED) is 0.180. The fourth-order valence-electron chi connectivity index (χ4n) is 20.7. The van der Waals surface area contributed by atoms with Gasteiger partial charge in [-0.1, -0.05) is 55.4 Å². The van der Waals surface area contributed by atoms with Crippen LogP contribution in [0, 0.1) is 105 Å². The number of carboxylic acids is 3. The van der Waals surface area contributed by atoms with Crippen LogP contribution in [0.5, 0.6) is 0 Å². The van der Waals surface area contributed by atoms with Gasteiger partial charge in [0.25, 0.3) is 5.97 Å². The summed E-state index contributed by atoms with van der Waals surface area (Å²) < 4.78 is 26.7. The van der Waals surface area contributed by atoms with E-state index in [-0.39, 0.29) is 36.6 Å². The Kier molecular flexibility index (Phi) is 15.7. The van der Waals surface area contributed by atoms with Crippen LogP contribution in [0.2, 0.25) is 0 Å². The van der Waals surface area contributed by atoms with E-state index in [9.17, 15) is 19.8 Å². The summed E-state index contributed by atoms with van der Waals surface area (Å²) in [4.78, 5) is 28.3. The summed E-state index contributed by atoms with van der Waals surface area (Å²) >= 11 is 0. The fraction of sp³-hybridized carbons (Fsp3) is 0.950. The minimum atomic E-state index is -1.08. The average Bonchev–Trinajstić information content (AvgIpc) is 3.98. The molecule has 0 aromatic carbocycles. The Morgan fingerprint density at radius 1 is 0.472 bits per heavy atom. The minimum absolute atomic E-state index is 0.0389. The van der Waals surface area contributed by atoms with Crippen molar-refractivity contribution in [1.82, 2.24) is 0 Å². The fourth-order valence-corrected chi connectivity index (χ4v) is 20.7. The number of aliphatic hydroxyl groups is 2. The molecule has 4 aliphatic heterocycles. The van der Waals surface area contributed by atoms with E-state index in [4.69, 9.17) is 39.1 Å². The smallest absolute Gasteiger partial charge is 0.303 e. The van der Waals surface area contributed by atoms with Crippen molar-refractivity contribution in [3.8, 4) is 0 Å². The Balaban J connectivity index is 0.000000146. The van der Waals surface area contributed by atoms with Crippen LogP contribution in [0.4, 0.5) is 0 Å². The van der Waals surface area contributed by atoms with Gasteiger partial charge in [-0.3, -0.25) is 14.4 Å². The van der Waals surface area contributed by atoms with Crippen molar-refractivity contribution in [3.05, 3.63) is 0 Å². The first kappa shape index (κ1) is 54.9. The Labute approximate surface area is 432 Å². The van der Waals surface area contributed by atoms with Crippen molar-refractivity contribution in [2.75, 3.05) is 13.2 Å². The molecule has 12 aliphatic rings. The van der Waals surface area contributed by atoms with Gasteiger partial charge < -0.3 is 44.5 Å². The molecule has 12 fully saturated rings. The maximum Gasteiger partial charge on any atom is 0.303 e. The molecule has 0 unspecified atom stereocenters. The second-order valence-corrected chi connectivity index (χ2v) is 28.0. The zero-order chi connectivity index (χ0) is 51.9. The molecule has 72 heavy (non-hydrogen) atoms. The summed E-state index contributed by atoms with van der Waals surface area (Å²) in [5, 5.41) is 43.8. The molecule has 8 saturated carbocycles. The van der Waals surface area contributed by atoms with Gasteiger partial charge in [0, 0.05) is 31.6 Å². The molecule has 8 aliphatic carbocycles. The number of aliphatic hydroxyl groups excluding tert-OH is 2. The Hall–Kier alpha value is -1.83. The number of rotatable bonds is 3. The first-order valence-electron chi connectivity index (χ1n) is 29.5. The summed E-state index contributed by atoms with van der Waals surface area (Å²) in [6.45, 7) is 22.9. The topological polar surface area (TPSA) is 189 Å². The first-order chi connectivity index (χ1) is 33.9. The molecule has 12 heteroatoms. The van der Waals surface area contributed by atoms with Gasteiger partial charge in [-0.25, -0.2) is 0 Å². The number of fused-ring (bicyclic) bond motifs is 14. The van der Waals surface area contributed by atoms with Crippen LogP contribution in [0.1, 0.15) is 204 Å². The lowest BCUT2D eigenvalue weighted by Crippen LogP contribution is -2.55. The van der Waals surface area contributed by atoms with Crippen LogP contribution < -0.4 is 0 Å². The third-order valence-electron chi connectivity index (χ3n) is 24.4. The molecule has 0 amide bonds. The third kappa shape index (κ3) is 9.58. The van der Waals surface area contributed by atoms with Crippen molar-refractivity contribution in [2.45, 2.75) is 240 Å². The van der Waals surface area contributed by atoms with Gasteiger partial charge in [0.1, 0.15) is 0 Å². The zero-order valence-corrected chi connectivity index (χ0v) is 46.0. The molecular formula is C60H98O12. The van der Waals surface area contributed by atoms with E-state index in [1.54, 1.807) is 0 Å². The van der Waals surface area contributed by atoms with Crippen molar-refractivity contribution in [2.24, 2.45) is 105 Å². The largest absolute Gasteiger partial charge is 0.481 e. The van der Waals surface area contributed by atoms with Gasteiger partial charge in [0.05, 0.1) is 50.5 Å². The molecule has 12 nitrogen and oxygen atoms in total. The molecule has 4 saturated heterocycles. The molecule has 410 valence electrons. The van der Waals surface area contributed by atoms with Gasteiger partial charge in [-0.15, -0.1) is 0 Å². The van der Waals surface area contributed by atoms with E-state index >= 15 is 0 Å². The zero-order valence-electron chi connectivity index (χ0n) is 46.0. The Bertz CT molecular complexity index is 1810. The van der Waals surface area contributed by atoms with Crippen LogP contribution >= 0.6 is 0 Å². The molecule has 5 N–H and O–H groups in total. The van der Waals surface area contributed by atoms with Crippen molar-refractivity contribution >= 4 is 17.9 Å². The second kappa shape index (κ2) is 20.5. The number of ether oxygens (including phenoxy) is 4. The highest BCUT2D eigenvalue weighted by Crippen LogP contribution is 2.73. The molecule has 4 heterocycles. The van der Waals surface area contributed by atoms with E-state index in [0.717, 1.165) is 106 Å². The Morgan fingerprint density at radius 3 is 1.17 bits per heavy atom. The SMILES string of the molecule is CC(=O)O.C[C@H]1CC[C@@]2(OC1)O[C@H]1C[C@H]3[C@@H]4CC[C@@H]5C[C@@H](O)CC[C@]5(C)[C@H]4CC[C@]3(C)[C@H]1[C@@H]2C.C[C@H]1CC[C@@]2(OC1)O[C@H]1C[C@H]3[C@@H]4CC[C@@H]5C[C@@H](O)CC[C@]5(C)[C@H]4CC[C@]3(C)[C@H]1[C@@H]2C.O=C(O)CCC(=O)O. The molecule has 2 spiro atoms. The number of aliphatic carboxylic acids is 3. The van der Waals surface area contributed by atoms with Gasteiger partial charge in [-0.2, -0.15) is 0 Å². The number of hydrogen-bond acceptors (Lipinski definition) is 9. The lowest BCUT2D eigenvalue weighted by Gasteiger charge is -2.61. The third-order valence-corrected chi connectivity index (χ3v) is 24.4. The normalized spacial score (nSPS) is 53.4. The van der Waals surface area contributed by atoms with Gasteiger partial charge >= 0.3 is 11.9 Å². The van der Waals surface area contributed by atoms with E-state index in [1.165, 1.54) is 89.9 Å². The van der Waals surface area contributed by atoms with E-state index in [1.807, 2.05) is 0 Å². The monoisotopic (exact) mass is 1010 g/mol. The summed E-state index contributed by atoms with van der Waals surface area (Å²) in [6.07, 6.45) is 25.1. The summed E-state index contributed by atoms with van der Waals surface area (Å²) in [5.41, 5.74) is 1.80. The van der Waals surface area contributed by atoms with Crippen LogP contribution in [0.25, 0.3) is 0 Å². The first-order valence-corrected chi connectivity index (χ1v) is 29.5. The maximum absolute atomic E-state index is 10.3. The van der Waals surface area contributed by atoms with Crippen molar-refractivity contribution in [3.63, 3.8) is 0 Å². The van der Waals surface area contributed by atoms with Gasteiger partial charge in [0.2, 0.25) is 0 Å². The van der Waals surface area contributed by atoms with E-state index < -0.39 is 17.9 Å². The average molecular weight is 1010 g/mol. The van der Waals surface area contributed by atoms with Gasteiger partial charge in [-0.05, 0) is 208 Å². The Morgan fingerprint density at radius 2 is 0.833 bits per heavy atom. The predicted octanol–water partition coefficient (Wildman–Crippen LogP) is 11.6. The maximum atomic E-state index is 10.3. The number of hydrogen-bond donors (Lipinski definition) is 5. The molecule has 24 atom stereocenters. The van der Waals surface area contributed by atoms with Crippen molar-refractivity contribution in [1.29, 1.82) is 0 Å². The van der Waals surface area contributed by atoms with Crippen LogP contribution in [-0.4, -0.2) is 92.6 Å². The molecular weight excluding hydrogens is 913 g/mol. The van der Waals surface area contributed by atoms with Crippen LogP contribution in [0.15, 0.2) is 0 Å². The lowest BCUT2D eigenvalue weighted by atomic mass is 9.44. The molecule has 0 aromatic rings. The lowest BCUT2D eigenvalue weighted by molar-refractivity contribution is -0.273. The predicted molar refractivity (Wildman–Crippen MR) is 273 cm³/mol. The van der Waals surface area contributed by atoms with E-state index in [0.29, 0.717) is 69.4 Å². The van der Waals surface area contributed by atoms with Crippen molar-refractivity contribution < 1.29 is 58.9 Å². The molecule has 12 rings (SSSR count). The van der Waals surface area contributed by atoms with Crippen LogP contribution in [0.3, 0.4) is 0 Å². The standard InChI is InChI=1S/2C27H44O3.C4H6O4.C2H4O2/c2*1-16-7-12-27(29-15-16)17(2)24-23(30-27)14-22-20-6-5-18-13-19(28)8-10-25(18,3)21(20)9-11-26(22,24)4;5-3(6)1-2-4(7)8;1-2(3)4/h2*16-24,28H,5-15H2,1-4H3;1-2H2,(H,5,6)(H,7,8);1H3,(H,3,4)/t2*16-,17-,18+,19-,20+,21-,22-,23-,24-,25-,26-,27+;;/m00../s1. The van der Waals surface area contributed by atoms with Crippen LogP contribution in [-0.2, 0) is 33.3 Å². The highest BCUT2D eigenvalue weighted by atomic mass is 16.7. The second-order valence-electron chi connectivity index (χ2n) is 28.0. The minimum Gasteiger partial charge on any atom is -0.481 e. The molecule has 0 bridgehead atoms. The summed E-state index contributed by atoms with van der Waals surface area (Å²) in [7, 11) is 0. The molecule has 0 radical (unpaired) electrons. The van der Waals surface area contributed by atoms with Gasteiger partial charge in [0.15, 0.2) is 11.6 Å². The summed E-state index contributed by atoms with van der Waals surface area (Å²) in [6, 6.07) is 0. The molecule has 0 aromatic heterocycles. The van der Waals surface area contributed by atoms with E-state index in [2.05, 4.69) is 55.4 Å². The highest BCUT2D eigenvalue weighted by molar-refractivity contribution is 5.75. The number of carboxylic acid groups (broad SMARTS) is 3. The number of carbonyl (C=O) groups is 3.